The van der Waals surface area contributed by atoms with E-state index in [0.717, 1.165) is 23.9 Å². The van der Waals surface area contributed by atoms with Crippen LogP contribution in [0.4, 0.5) is 5.13 Å². The fourth-order valence-electron chi connectivity index (χ4n) is 1.92. The Bertz CT molecular complexity index is 416. The average Bonchev–Trinajstić information content (AvgIpc) is 2.72. The van der Waals surface area contributed by atoms with Crippen molar-refractivity contribution in [3.05, 3.63) is 11.1 Å². The highest BCUT2D eigenvalue weighted by molar-refractivity contribution is 7.13. The van der Waals surface area contributed by atoms with Crippen molar-refractivity contribution < 1.29 is 9.53 Å². The summed E-state index contributed by atoms with van der Waals surface area (Å²) in [6.07, 6.45) is 0.232. The van der Waals surface area contributed by atoms with Crippen molar-refractivity contribution in [2.45, 2.75) is 20.3 Å². The lowest BCUT2D eigenvalue weighted by molar-refractivity contribution is -0.139. The maximum absolute atomic E-state index is 11.1. The van der Waals surface area contributed by atoms with Crippen molar-refractivity contribution in [3.8, 4) is 0 Å². The topological polar surface area (TPSA) is 54.5 Å². The van der Waals surface area contributed by atoms with Gasteiger partial charge in [-0.3, -0.25) is 4.79 Å². The molecule has 1 rings (SSSR count). The van der Waals surface area contributed by atoms with Crippen molar-refractivity contribution in [2.75, 3.05) is 39.6 Å². The predicted molar refractivity (Wildman–Crippen MR) is 78.7 cm³/mol. The Kier molecular flexibility index (Phi) is 5.75. The number of thiazole rings is 1. The van der Waals surface area contributed by atoms with Crippen molar-refractivity contribution in [1.82, 2.24) is 9.88 Å². The van der Waals surface area contributed by atoms with Crippen molar-refractivity contribution in [3.63, 3.8) is 0 Å². The van der Waals surface area contributed by atoms with E-state index in [1.165, 1.54) is 18.4 Å². The number of methoxy groups -OCH3 is 1. The van der Waals surface area contributed by atoms with Crippen LogP contribution in [-0.2, 0) is 16.0 Å². The molecule has 1 N–H and O–H groups in total. The number of esters is 1. The minimum atomic E-state index is -0.259. The van der Waals surface area contributed by atoms with Gasteiger partial charge in [-0.1, -0.05) is 13.8 Å². The van der Waals surface area contributed by atoms with Gasteiger partial charge in [0.15, 0.2) is 5.13 Å². The third kappa shape index (κ3) is 6.02. The molecule has 0 fully saturated rings. The van der Waals surface area contributed by atoms with E-state index in [2.05, 4.69) is 47.9 Å². The zero-order valence-electron chi connectivity index (χ0n) is 12.3. The molecule has 1 aromatic heterocycles. The quantitative estimate of drug-likeness (QED) is 0.775. The van der Waals surface area contributed by atoms with Crippen LogP contribution in [0.3, 0.4) is 0 Å². The first kappa shape index (κ1) is 15.9. The summed E-state index contributed by atoms with van der Waals surface area (Å²) < 4.78 is 4.62. The molecule has 0 amide bonds. The van der Waals surface area contributed by atoms with E-state index in [9.17, 15) is 4.79 Å². The standard InChI is InChI=1S/C13H23N3O2S/c1-13(2,9-16(3)4)8-14-12-15-10(7-19-12)6-11(17)18-5/h7H,6,8-9H2,1-5H3,(H,14,15). The number of hydrogen-bond acceptors (Lipinski definition) is 6. The van der Waals surface area contributed by atoms with Gasteiger partial charge in [0, 0.05) is 18.5 Å². The molecule has 0 aliphatic rings. The number of aromatic nitrogens is 1. The van der Waals surface area contributed by atoms with Gasteiger partial charge in [0.1, 0.15) is 0 Å². The van der Waals surface area contributed by atoms with Crippen LogP contribution >= 0.6 is 11.3 Å². The maximum atomic E-state index is 11.1. The van der Waals surface area contributed by atoms with Crippen LogP contribution < -0.4 is 5.32 Å². The molecule has 0 saturated carbocycles. The van der Waals surface area contributed by atoms with Gasteiger partial charge in [-0.25, -0.2) is 4.98 Å². The van der Waals surface area contributed by atoms with Crippen LogP contribution in [0.25, 0.3) is 0 Å². The van der Waals surface area contributed by atoms with Gasteiger partial charge in [-0.15, -0.1) is 11.3 Å². The Hall–Kier alpha value is -1.14. The molecule has 0 unspecified atom stereocenters. The van der Waals surface area contributed by atoms with Gasteiger partial charge >= 0.3 is 5.97 Å². The van der Waals surface area contributed by atoms with E-state index >= 15 is 0 Å². The summed E-state index contributed by atoms with van der Waals surface area (Å²) in [7, 11) is 5.52. The SMILES string of the molecule is COC(=O)Cc1csc(NCC(C)(C)CN(C)C)n1. The zero-order valence-corrected chi connectivity index (χ0v) is 13.1. The largest absolute Gasteiger partial charge is 0.469 e. The molecule has 0 aliphatic carbocycles. The van der Waals surface area contributed by atoms with E-state index in [1.807, 2.05) is 5.38 Å². The summed E-state index contributed by atoms with van der Waals surface area (Å²) in [5, 5.41) is 6.07. The number of rotatable bonds is 7. The van der Waals surface area contributed by atoms with Gasteiger partial charge in [0.25, 0.3) is 0 Å². The van der Waals surface area contributed by atoms with E-state index in [0.29, 0.717) is 0 Å². The number of ether oxygens (including phenoxy) is 1. The van der Waals surface area contributed by atoms with Crippen LogP contribution in [0.15, 0.2) is 5.38 Å². The van der Waals surface area contributed by atoms with Gasteiger partial charge in [-0.05, 0) is 19.5 Å². The number of carbonyl (C=O) groups excluding carboxylic acids is 1. The van der Waals surface area contributed by atoms with Crippen molar-refractivity contribution >= 4 is 22.4 Å². The van der Waals surface area contributed by atoms with Crippen LogP contribution in [0.1, 0.15) is 19.5 Å². The fourth-order valence-corrected chi connectivity index (χ4v) is 2.63. The predicted octanol–water partition coefficient (Wildman–Crippen LogP) is 1.86. The highest BCUT2D eigenvalue weighted by atomic mass is 32.1. The summed E-state index contributed by atoms with van der Waals surface area (Å²) in [6, 6.07) is 0. The molecule has 5 nitrogen and oxygen atoms in total. The normalized spacial score (nSPS) is 11.7. The van der Waals surface area contributed by atoms with E-state index in [1.54, 1.807) is 0 Å². The first-order valence-electron chi connectivity index (χ1n) is 6.22. The van der Waals surface area contributed by atoms with E-state index in [4.69, 9.17) is 0 Å². The Morgan fingerprint density at radius 1 is 1.53 bits per heavy atom. The molecule has 0 bridgehead atoms. The third-order valence-electron chi connectivity index (χ3n) is 2.57. The first-order chi connectivity index (χ1) is 8.82. The number of hydrogen-bond donors (Lipinski definition) is 1. The smallest absolute Gasteiger partial charge is 0.311 e. The van der Waals surface area contributed by atoms with Crippen LogP contribution in [0.5, 0.6) is 0 Å². The van der Waals surface area contributed by atoms with Crippen LogP contribution in [-0.4, -0.2) is 50.1 Å². The molecule has 1 aromatic rings. The highest BCUT2D eigenvalue weighted by Crippen LogP contribution is 2.20. The van der Waals surface area contributed by atoms with E-state index in [-0.39, 0.29) is 17.8 Å². The lowest BCUT2D eigenvalue weighted by Crippen LogP contribution is -2.34. The summed E-state index contributed by atoms with van der Waals surface area (Å²) >= 11 is 1.52. The summed E-state index contributed by atoms with van der Waals surface area (Å²) in [6.45, 7) is 6.27. The Morgan fingerprint density at radius 3 is 2.79 bits per heavy atom. The number of anilines is 1. The maximum Gasteiger partial charge on any atom is 0.311 e. The van der Waals surface area contributed by atoms with Crippen LogP contribution in [0.2, 0.25) is 0 Å². The van der Waals surface area contributed by atoms with Crippen molar-refractivity contribution in [2.24, 2.45) is 5.41 Å². The van der Waals surface area contributed by atoms with Crippen molar-refractivity contribution in [1.29, 1.82) is 0 Å². The molecule has 0 spiro atoms. The molecule has 108 valence electrons. The highest BCUT2D eigenvalue weighted by Gasteiger charge is 2.19. The molecule has 1 heterocycles. The number of nitrogens with one attached hydrogen (secondary N) is 1. The fraction of sp³-hybridized carbons (Fsp3) is 0.692. The lowest BCUT2D eigenvalue weighted by atomic mass is 9.93. The Labute approximate surface area is 119 Å². The summed E-state index contributed by atoms with van der Waals surface area (Å²) in [4.78, 5) is 17.7. The van der Waals surface area contributed by atoms with E-state index < -0.39 is 0 Å². The molecule has 0 radical (unpaired) electrons. The molecule has 6 heteroatoms. The second-order valence-corrected chi connectivity index (χ2v) is 6.51. The van der Waals surface area contributed by atoms with Gasteiger partial charge in [0.05, 0.1) is 19.2 Å². The minimum Gasteiger partial charge on any atom is -0.469 e. The number of nitrogens with zero attached hydrogens (tertiary/aromatic N) is 2. The Morgan fingerprint density at radius 2 is 2.21 bits per heavy atom. The second kappa shape index (κ2) is 6.86. The molecular formula is C13H23N3O2S. The minimum absolute atomic E-state index is 0.164. The second-order valence-electron chi connectivity index (χ2n) is 5.65. The van der Waals surface area contributed by atoms with Gasteiger partial charge in [-0.2, -0.15) is 0 Å². The molecule has 0 saturated heterocycles. The third-order valence-corrected chi connectivity index (χ3v) is 3.42. The summed E-state index contributed by atoms with van der Waals surface area (Å²) in [5.41, 5.74) is 0.919. The molecular weight excluding hydrogens is 262 g/mol. The zero-order chi connectivity index (χ0) is 14.5. The molecule has 0 aliphatic heterocycles. The molecule has 0 aromatic carbocycles. The molecule has 0 atom stereocenters. The van der Waals surface area contributed by atoms with Crippen LogP contribution in [0, 0.1) is 5.41 Å². The lowest BCUT2D eigenvalue weighted by Gasteiger charge is -2.28. The van der Waals surface area contributed by atoms with Gasteiger partial charge in [0.2, 0.25) is 0 Å². The number of carbonyl (C=O) groups is 1. The Balaban J connectivity index is 2.48. The summed E-state index contributed by atoms with van der Waals surface area (Å²) in [5.74, 6) is -0.259. The van der Waals surface area contributed by atoms with Gasteiger partial charge < -0.3 is 15.0 Å². The monoisotopic (exact) mass is 285 g/mol. The molecule has 19 heavy (non-hydrogen) atoms. The average molecular weight is 285 g/mol. The first-order valence-corrected chi connectivity index (χ1v) is 7.10.